The highest BCUT2D eigenvalue weighted by molar-refractivity contribution is 5.61. The maximum atomic E-state index is 5.83. The molecule has 0 radical (unpaired) electrons. The summed E-state index contributed by atoms with van der Waals surface area (Å²) in [5, 5.41) is 0. The van der Waals surface area contributed by atoms with E-state index in [2.05, 4.69) is 0 Å². The molecule has 2 unspecified atom stereocenters. The molecule has 2 heterocycles. The Kier molecular flexibility index (Phi) is 3.94. The average Bonchev–Trinajstić information content (AvgIpc) is 3.31. The monoisotopic (exact) mass is 276 g/mol. The van der Waals surface area contributed by atoms with E-state index < -0.39 is 0 Å². The van der Waals surface area contributed by atoms with Crippen LogP contribution in [0.1, 0.15) is 18.1 Å². The molecule has 0 spiro atoms. The number of rotatable bonds is 7. The summed E-state index contributed by atoms with van der Waals surface area (Å²) < 4.78 is 22.0. The highest BCUT2D eigenvalue weighted by atomic mass is 16.6. The molecule has 4 nitrogen and oxygen atoms in total. The number of hydrogen-bond acceptors (Lipinski definition) is 4. The highest BCUT2D eigenvalue weighted by Crippen LogP contribution is 2.31. The Morgan fingerprint density at radius 1 is 1.10 bits per heavy atom. The summed E-state index contributed by atoms with van der Waals surface area (Å²) in [4.78, 5) is 0. The number of aryl methyl sites for hydroxylation is 1. The van der Waals surface area contributed by atoms with E-state index in [4.69, 9.17) is 18.9 Å². The summed E-state index contributed by atoms with van der Waals surface area (Å²) in [6.07, 6.45) is 4.56. The fourth-order valence-electron chi connectivity index (χ4n) is 1.96. The van der Waals surface area contributed by atoms with Crippen LogP contribution in [0.4, 0.5) is 0 Å². The van der Waals surface area contributed by atoms with E-state index in [1.165, 1.54) is 0 Å². The van der Waals surface area contributed by atoms with Crippen LogP contribution in [0.2, 0.25) is 0 Å². The second-order valence-corrected chi connectivity index (χ2v) is 5.19. The zero-order chi connectivity index (χ0) is 13.9. The van der Waals surface area contributed by atoms with Crippen LogP contribution < -0.4 is 9.47 Å². The van der Waals surface area contributed by atoms with Crippen LogP contribution in [0, 0.1) is 6.92 Å². The number of ether oxygens (including phenoxy) is 4. The van der Waals surface area contributed by atoms with Crippen molar-refractivity contribution < 1.29 is 18.9 Å². The molecule has 3 rings (SSSR count). The molecule has 4 heteroatoms. The number of benzene rings is 1. The largest absolute Gasteiger partial charge is 0.490 e. The van der Waals surface area contributed by atoms with Crippen molar-refractivity contribution in [2.45, 2.75) is 26.1 Å². The molecule has 1 aromatic rings. The molecule has 2 fully saturated rings. The minimum Gasteiger partial charge on any atom is -0.490 e. The summed E-state index contributed by atoms with van der Waals surface area (Å²) in [7, 11) is 0. The third-order valence-electron chi connectivity index (χ3n) is 3.31. The smallest absolute Gasteiger partial charge is 0.127 e. The van der Waals surface area contributed by atoms with Gasteiger partial charge in [-0.1, -0.05) is 12.2 Å². The van der Waals surface area contributed by atoms with Crippen molar-refractivity contribution in [2.75, 3.05) is 26.4 Å². The quantitative estimate of drug-likeness (QED) is 0.718. The van der Waals surface area contributed by atoms with Crippen molar-refractivity contribution in [3.63, 3.8) is 0 Å². The van der Waals surface area contributed by atoms with Gasteiger partial charge in [-0.15, -0.1) is 0 Å². The molecule has 2 saturated heterocycles. The Morgan fingerprint density at radius 2 is 1.70 bits per heavy atom. The lowest BCUT2D eigenvalue weighted by molar-refractivity contribution is 0.256. The van der Waals surface area contributed by atoms with Crippen molar-refractivity contribution >= 4 is 6.08 Å². The van der Waals surface area contributed by atoms with Crippen molar-refractivity contribution in [3.05, 3.63) is 29.3 Å². The number of epoxide rings is 2. The van der Waals surface area contributed by atoms with Crippen LogP contribution in [0.3, 0.4) is 0 Å². The van der Waals surface area contributed by atoms with E-state index in [-0.39, 0.29) is 12.2 Å². The van der Waals surface area contributed by atoms with Crippen molar-refractivity contribution in [1.29, 1.82) is 0 Å². The van der Waals surface area contributed by atoms with Crippen LogP contribution in [0.5, 0.6) is 11.5 Å². The lowest BCUT2D eigenvalue weighted by atomic mass is 10.1. The highest BCUT2D eigenvalue weighted by Gasteiger charge is 2.25. The number of hydrogen-bond donors (Lipinski definition) is 0. The van der Waals surface area contributed by atoms with Gasteiger partial charge in [0.05, 0.1) is 13.2 Å². The Morgan fingerprint density at radius 3 is 2.25 bits per heavy atom. The van der Waals surface area contributed by atoms with Crippen LogP contribution in [0.15, 0.2) is 18.2 Å². The molecule has 2 aliphatic heterocycles. The average molecular weight is 276 g/mol. The first kappa shape index (κ1) is 13.5. The van der Waals surface area contributed by atoms with Crippen LogP contribution in [0.25, 0.3) is 6.08 Å². The van der Waals surface area contributed by atoms with Gasteiger partial charge in [0.15, 0.2) is 0 Å². The molecule has 0 aliphatic carbocycles. The number of allylic oxidation sites excluding steroid dienone is 1. The standard InChI is InChI=1S/C16H20O4/c1-3-4-12-6-15(19-9-13-7-17-13)11(2)5-16(12)20-10-14-8-18-14/h3-6,13-14H,7-10H2,1-2H3/b4-3+. The first-order valence-corrected chi connectivity index (χ1v) is 7.02. The van der Waals surface area contributed by atoms with Crippen LogP contribution >= 0.6 is 0 Å². The van der Waals surface area contributed by atoms with E-state index in [0.717, 1.165) is 35.8 Å². The molecule has 0 amide bonds. The third-order valence-corrected chi connectivity index (χ3v) is 3.31. The van der Waals surface area contributed by atoms with Gasteiger partial charge in [0, 0.05) is 5.56 Å². The minimum atomic E-state index is 0.261. The fraction of sp³-hybridized carbons (Fsp3) is 0.500. The Balaban J connectivity index is 1.74. The molecule has 0 aromatic heterocycles. The van der Waals surface area contributed by atoms with E-state index in [1.54, 1.807) is 0 Å². The van der Waals surface area contributed by atoms with E-state index >= 15 is 0 Å². The van der Waals surface area contributed by atoms with E-state index in [9.17, 15) is 0 Å². The summed E-state index contributed by atoms with van der Waals surface area (Å²) in [6.45, 7) is 6.87. The molecular weight excluding hydrogens is 256 g/mol. The van der Waals surface area contributed by atoms with Gasteiger partial charge in [-0.25, -0.2) is 0 Å². The first-order valence-electron chi connectivity index (χ1n) is 7.02. The molecule has 0 N–H and O–H groups in total. The second kappa shape index (κ2) is 5.85. The van der Waals surface area contributed by atoms with Gasteiger partial charge in [0.1, 0.15) is 36.9 Å². The normalized spacial score (nSPS) is 23.9. The van der Waals surface area contributed by atoms with E-state index in [1.807, 2.05) is 38.1 Å². The Bertz CT molecular complexity index is 501. The zero-order valence-electron chi connectivity index (χ0n) is 11.9. The van der Waals surface area contributed by atoms with Gasteiger partial charge in [0.25, 0.3) is 0 Å². The van der Waals surface area contributed by atoms with Gasteiger partial charge in [-0.05, 0) is 31.5 Å². The molecular formula is C16H20O4. The fourth-order valence-corrected chi connectivity index (χ4v) is 1.96. The van der Waals surface area contributed by atoms with Gasteiger partial charge < -0.3 is 18.9 Å². The minimum absolute atomic E-state index is 0.261. The van der Waals surface area contributed by atoms with Gasteiger partial charge in [-0.3, -0.25) is 0 Å². The van der Waals surface area contributed by atoms with Crippen LogP contribution in [-0.4, -0.2) is 38.6 Å². The second-order valence-electron chi connectivity index (χ2n) is 5.19. The lowest BCUT2D eigenvalue weighted by Gasteiger charge is -2.14. The summed E-state index contributed by atoms with van der Waals surface area (Å²) in [5.74, 6) is 1.77. The summed E-state index contributed by atoms with van der Waals surface area (Å²) in [5.41, 5.74) is 2.11. The van der Waals surface area contributed by atoms with Crippen LogP contribution in [-0.2, 0) is 9.47 Å². The van der Waals surface area contributed by atoms with Gasteiger partial charge in [0.2, 0.25) is 0 Å². The summed E-state index contributed by atoms with van der Waals surface area (Å²) >= 11 is 0. The molecule has 1 aromatic carbocycles. The SMILES string of the molecule is C/C=C/c1cc(OCC2CO2)c(C)cc1OCC1CO1. The molecule has 0 bridgehead atoms. The zero-order valence-corrected chi connectivity index (χ0v) is 11.9. The molecule has 2 aliphatic rings. The van der Waals surface area contributed by atoms with Gasteiger partial charge >= 0.3 is 0 Å². The molecule has 108 valence electrons. The molecule has 2 atom stereocenters. The summed E-state index contributed by atoms with van der Waals surface area (Å²) in [6, 6.07) is 4.06. The maximum absolute atomic E-state index is 5.83. The predicted octanol–water partition coefficient (Wildman–Crippen LogP) is 2.58. The molecule has 20 heavy (non-hydrogen) atoms. The first-order chi connectivity index (χ1) is 9.76. The third kappa shape index (κ3) is 3.52. The van der Waals surface area contributed by atoms with Crippen molar-refractivity contribution in [3.8, 4) is 11.5 Å². The van der Waals surface area contributed by atoms with Gasteiger partial charge in [-0.2, -0.15) is 0 Å². The Hall–Kier alpha value is -1.52. The maximum Gasteiger partial charge on any atom is 0.127 e. The van der Waals surface area contributed by atoms with E-state index in [0.29, 0.717) is 13.2 Å². The topological polar surface area (TPSA) is 43.5 Å². The predicted molar refractivity (Wildman–Crippen MR) is 76.4 cm³/mol. The van der Waals surface area contributed by atoms with Crippen molar-refractivity contribution in [2.24, 2.45) is 0 Å². The Labute approximate surface area is 119 Å². The van der Waals surface area contributed by atoms with Crippen molar-refractivity contribution in [1.82, 2.24) is 0 Å². The lowest BCUT2D eigenvalue weighted by Crippen LogP contribution is -2.07. The molecule has 0 saturated carbocycles.